The molecule has 6 nitrogen and oxygen atoms in total. The monoisotopic (exact) mass is 299 g/mol. The van der Waals surface area contributed by atoms with Crippen LogP contribution in [0.5, 0.6) is 0 Å². The average molecular weight is 299 g/mol. The first-order valence-corrected chi connectivity index (χ1v) is 7.63. The highest BCUT2D eigenvalue weighted by molar-refractivity contribution is 5.81. The summed E-state index contributed by atoms with van der Waals surface area (Å²) in [5.41, 5.74) is 5.08. The van der Waals surface area contributed by atoms with E-state index in [0.717, 1.165) is 25.7 Å². The van der Waals surface area contributed by atoms with Gasteiger partial charge in [-0.2, -0.15) is 0 Å². The predicted molar refractivity (Wildman–Crippen MR) is 81.8 cm³/mol. The molecule has 1 aliphatic rings. The molecule has 1 saturated carbocycles. The summed E-state index contributed by atoms with van der Waals surface area (Å²) in [6.45, 7) is 7.18. The van der Waals surface area contributed by atoms with Crippen LogP contribution in [-0.4, -0.2) is 47.7 Å². The van der Waals surface area contributed by atoms with Crippen molar-refractivity contribution >= 4 is 12.0 Å². The van der Waals surface area contributed by atoms with Crippen molar-refractivity contribution in [3.05, 3.63) is 0 Å². The topological polar surface area (TPSA) is 84.7 Å². The lowest BCUT2D eigenvalue weighted by Crippen LogP contribution is -2.56. The summed E-state index contributed by atoms with van der Waals surface area (Å²) < 4.78 is 5.40. The number of ether oxygens (including phenoxy) is 1. The molecule has 0 unspecified atom stereocenters. The highest BCUT2D eigenvalue weighted by Gasteiger charge is 2.34. The summed E-state index contributed by atoms with van der Waals surface area (Å²) in [6, 6.07) is -0.648. The van der Waals surface area contributed by atoms with Crippen LogP contribution in [0.4, 0.5) is 4.79 Å². The summed E-state index contributed by atoms with van der Waals surface area (Å²) in [6.07, 6.45) is 3.45. The van der Waals surface area contributed by atoms with Crippen LogP contribution in [0.1, 0.15) is 53.4 Å². The van der Waals surface area contributed by atoms with Crippen molar-refractivity contribution in [2.45, 2.75) is 77.1 Å². The highest BCUT2D eigenvalue weighted by Crippen LogP contribution is 2.24. The Kier molecular flexibility index (Phi) is 6.01. The van der Waals surface area contributed by atoms with Crippen LogP contribution in [0.25, 0.3) is 0 Å². The fourth-order valence-electron chi connectivity index (χ4n) is 2.53. The van der Waals surface area contributed by atoms with Crippen LogP contribution < -0.4 is 11.1 Å². The van der Waals surface area contributed by atoms with Gasteiger partial charge in [0, 0.05) is 13.1 Å². The van der Waals surface area contributed by atoms with Crippen molar-refractivity contribution in [1.82, 2.24) is 10.2 Å². The zero-order valence-electron chi connectivity index (χ0n) is 13.8. The van der Waals surface area contributed by atoms with Gasteiger partial charge >= 0.3 is 6.09 Å². The van der Waals surface area contributed by atoms with E-state index in [1.54, 1.807) is 18.9 Å². The number of likely N-dealkylation sites (N-methyl/N-ethyl adjacent to an activating group) is 1. The van der Waals surface area contributed by atoms with Crippen molar-refractivity contribution < 1.29 is 14.3 Å². The zero-order chi connectivity index (χ0) is 16.2. The first kappa shape index (κ1) is 17.8. The van der Waals surface area contributed by atoms with Gasteiger partial charge in [0.05, 0.1) is 12.1 Å². The lowest BCUT2D eigenvalue weighted by molar-refractivity contribution is -0.123. The number of amides is 2. The number of hydrogen-bond donors (Lipinski definition) is 2. The Bertz CT molecular complexity index is 377. The third kappa shape index (κ3) is 5.53. The van der Waals surface area contributed by atoms with Gasteiger partial charge in [-0.05, 0) is 40.5 Å². The fourth-order valence-corrected chi connectivity index (χ4v) is 2.53. The van der Waals surface area contributed by atoms with E-state index in [1.807, 2.05) is 20.8 Å². The van der Waals surface area contributed by atoms with E-state index in [4.69, 9.17) is 10.5 Å². The van der Waals surface area contributed by atoms with Gasteiger partial charge in [0.2, 0.25) is 5.91 Å². The Hall–Kier alpha value is -1.30. The number of carbonyl (C=O) groups is 2. The van der Waals surface area contributed by atoms with Gasteiger partial charge < -0.3 is 20.7 Å². The molecule has 0 aromatic heterocycles. The smallest absolute Gasteiger partial charge is 0.410 e. The van der Waals surface area contributed by atoms with Gasteiger partial charge in [-0.1, -0.05) is 12.8 Å². The molecule has 1 fully saturated rings. The molecule has 3 atom stereocenters. The molecule has 21 heavy (non-hydrogen) atoms. The van der Waals surface area contributed by atoms with Gasteiger partial charge in [0.15, 0.2) is 0 Å². The Morgan fingerprint density at radius 1 is 1.29 bits per heavy atom. The third-order valence-electron chi connectivity index (χ3n) is 3.65. The number of carbonyl (C=O) groups excluding carboxylic acids is 2. The standard InChI is InChI=1S/C15H29N3O3/c1-10(16)13(19)17-11-8-6-7-9-12(11)18(5)14(20)21-15(2,3)4/h10-12H,6-9,16H2,1-5H3,(H,17,19)/t10-,11+,12-/m0/s1. The Morgan fingerprint density at radius 3 is 2.38 bits per heavy atom. The second-order valence-corrected chi connectivity index (χ2v) is 6.85. The van der Waals surface area contributed by atoms with Crippen LogP contribution in [0.15, 0.2) is 0 Å². The molecular formula is C15H29N3O3. The summed E-state index contributed by atoms with van der Waals surface area (Å²) in [5.74, 6) is -0.176. The van der Waals surface area contributed by atoms with E-state index >= 15 is 0 Å². The minimum atomic E-state index is -0.542. The van der Waals surface area contributed by atoms with Gasteiger partial charge in [-0.3, -0.25) is 4.79 Å². The number of nitrogens with two attached hydrogens (primary N) is 1. The van der Waals surface area contributed by atoms with Crippen LogP contribution in [0.3, 0.4) is 0 Å². The zero-order valence-corrected chi connectivity index (χ0v) is 13.8. The molecule has 0 bridgehead atoms. The van der Waals surface area contributed by atoms with E-state index in [9.17, 15) is 9.59 Å². The molecule has 2 amide bonds. The molecule has 0 heterocycles. The maximum absolute atomic E-state index is 12.2. The highest BCUT2D eigenvalue weighted by atomic mass is 16.6. The Labute approximate surface area is 127 Å². The SMILES string of the molecule is C[C@H](N)C(=O)N[C@@H]1CCCC[C@@H]1N(C)C(=O)OC(C)(C)C. The predicted octanol–water partition coefficient (Wildman–Crippen LogP) is 1.63. The largest absolute Gasteiger partial charge is 0.444 e. The minimum absolute atomic E-state index is 0.0451. The molecule has 122 valence electrons. The van der Waals surface area contributed by atoms with Gasteiger partial charge in [-0.25, -0.2) is 4.79 Å². The maximum Gasteiger partial charge on any atom is 0.410 e. The number of nitrogens with zero attached hydrogens (tertiary/aromatic N) is 1. The molecule has 0 spiro atoms. The fraction of sp³-hybridized carbons (Fsp3) is 0.867. The lowest BCUT2D eigenvalue weighted by atomic mass is 9.89. The quantitative estimate of drug-likeness (QED) is 0.829. The number of rotatable bonds is 3. The molecule has 0 aliphatic heterocycles. The Balaban J connectivity index is 2.71. The first-order valence-electron chi connectivity index (χ1n) is 7.63. The van der Waals surface area contributed by atoms with Gasteiger partial charge in [0.25, 0.3) is 0 Å². The molecule has 0 aromatic rings. The first-order chi connectivity index (χ1) is 9.61. The van der Waals surface area contributed by atoms with Crippen molar-refractivity contribution in [3.63, 3.8) is 0 Å². The van der Waals surface area contributed by atoms with E-state index in [-0.39, 0.29) is 24.1 Å². The molecule has 3 N–H and O–H groups in total. The molecule has 1 rings (SSSR count). The number of hydrogen-bond acceptors (Lipinski definition) is 4. The third-order valence-corrected chi connectivity index (χ3v) is 3.65. The summed E-state index contributed by atoms with van der Waals surface area (Å²) >= 11 is 0. The second-order valence-electron chi connectivity index (χ2n) is 6.85. The number of nitrogens with one attached hydrogen (secondary N) is 1. The molecule has 0 saturated heterocycles. The van der Waals surface area contributed by atoms with E-state index < -0.39 is 11.6 Å². The van der Waals surface area contributed by atoms with E-state index in [0.29, 0.717) is 0 Å². The van der Waals surface area contributed by atoms with Crippen molar-refractivity contribution in [2.24, 2.45) is 5.73 Å². The van der Waals surface area contributed by atoms with E-state index in [2.05, 4.69) is 5.32 Å². The van der Waals surface area contributed by atoms with E-state index in [1.165, 1.54) is 0 Å². The van der Waals surface area contributed by atoms with Crippen LogP contribution in [-0.2, 0) is 9.53 Å². The van der Waals surface area contributed by atoms with Crippen LogP contribution in [0.2, 0.25) is 0 Å². The molecule has 6 heteroatoms. The lowest BCUT2D eigenvalue weighted by Gasteiger charge is -2.39. The van der Waals surface area contributed by atoms with Crippen LogP contribution >= 0.6 is 0 Å². The van der Waals surface area contributed by atoms with Gasteiger partial charge in [-0.15, -0.1) is 0 Å². The normalized spacial score (nSPS) is 24.1. The summed E-state index contributed by atoms with van der Waals surface area (Å²) in [4.78, 5) is 25.6. The second kappa shape index (κ2) is 7.11. The Morgan fingerprint density at radius 2 is 1.86 bits per heavy atom. The summed E-state index contributed by atoms with van der Waals surface area (Å²) in [7, 11) is 1.73. The van der Waals surface area contributed by atoms with Crippen molar-refractivity contribution in [3.8, 4) is 0 Å². The average Bonchev–Trinajstić information content (AvgIpc) is 2.36. The molecule has 1 aliphatic carbocycles. The molecule has 0 radical (unpaired) electrons. The minimum Gasteiger partial charge on any atom is -0.444 e. The van der Waals surface area contributed by atoms with Crippen molar-refractivity contribution in [1.29, 1.82) is 0 Å². The van der Waals surface area contributed by atoms with Crippen LogP contribution in [0, 0.1) is 0 Å². The summed E-state index contributed by atoms with van der Waals surface area (Å²) in [5, 5.41) is 2.95. The molecular weight excluding hydrogens is 270 g/mol. The van der Waals surface area contributed by atoms with Crippen molar-refractivity contribution in [2.75, 3.05) is 7.05 Å². The van der Waals surface area contributed by atoms with Gasteiger partial charge in [0.1, 0.15) is 5.60 Å². The maximum atomic E-state index is 12.2. The molecule has 0 aromatic carbocycles.